The van der Waals surface area contributed by atoms with E-state index in [1.165, 1.54) is 4.31 Å². The molecule has 1 amide bonds. The highest BCUT2D eigenvalue weighted by atomic mass is 32.2. The number of aryl methyl sites for hydroxylation is 1. The molecule has 9 nitrogen and oxygen atoms in total. The van der Waals surface area contributed by atoms with E-state index in [2.05, 4.69) is 5.32 Å². The molecule has 0 saturated carbocycles. The van der Waals surface area contributed by atoms with E-state index in [-0.39, 0.29) is 23.7 Å². The van der Waals surface area contributed by atoms with E-state index < -0.39 is 10.0 Å². The van der Waals surface area contributed by atoms with Crippen LogP contribution >= 0.6 is 11.3 Å². The quantitative estimate of drug-likeness (QED) is 0.561. The Labute approximate surface area is 189 Å². The number of nitrogens with zero attached hydrogens (tertiary/aromatic N) is 2. The lowest BCUT2D eigenvalue weighted by atomic mass is 10.2. The molecule has 0 spiro atoms. The third kappa shape index (κ3) is 4.73. The number of rotatable bonds is 7. The largest absolute Gasteiger partial charge is 0.486 e. The molecule has 4 rings (SSSR count). The van der Waals surface area contributed by atoms with Crippen LogP contribution in [0.3, 0.4) is 0 Å². The number of amides is 1. The van der Waals surface area contributed by atoms with E-state index >= 15 is 0 Å². The molecular formula is C21H23N3O6S2. The number of hydrogen-bond donors (Lipinski definition) is 1. The highest BCUT2D eigenvalue weighted by Gasteiger charge is 2.21. The number of carbonyl (C=O) groups is 1. The molecule has 1 aliphatic heterocycles. The van der Waals surface area contributed by atoms with Crippen LogP contribution in [0.2, 0.25) is 0 Å². The van der Waals surface area contributed by atoms with Gasteiger partial charge in [0.1, 0.15) is 13.2 Å². The van der Waals surface area contributed by atoms with E-state index in [1.807, 2.05) is 0 Å². The average molecular weight is 478 g/mol. The number of benzene rings is 2. The van der Waals surface area contributed by atoms with Crippen LogP contribution in [0.25, 0.3) is 10.2 Å². The van der Waals surface area contributed by atoms with Crippen molar-refractivity contribution in [3.05, 3.63) is 46.1 Å². The number of thiazole rings is 1. The molecule has 0 saturated heterocycles. The van der Waals surface area contributed by atoms with E-state index in [9.17, 15) is 18.0 Å². The fourth-order valence-electron chi connectivity index (χ4n) is 3.49. The molecule has 1 aromatic heterocycles. The first-order valence-electron chi connectivity index (χ1n) is 9.99. The summed E-state index contributed by atoms with van der Waals surface area (Å²) >= 11 is 1.12. The molecule has 0 unspecified atom stereocenters. The van der Waals surface area contributed by atoms with Gasteiger partial charge in [-0.05, 0) is 36.8 Å². The van der Waals surface area contributed by atoms with Gasteiger partial charge in [-0.25, -0.2) is 8.42 Å². The number of nitrogens with one attached hydrogen (secondary N) is 1. The number of anilines is 2. The standard InChI is InChI=1S/C21H23N3O6S2/c1-23-16-7-5-14(12-19(16)31-21(23)26)22-20(25)4-3-9-24(32(2,27)28)15-6-8-17-18(13-15)30-11-10-29-17/h5-8,12-13H,3-4,9-11H2,1-2H3,(H,22,25). The molecule has 1 aliphatic rings. The number of sulfonamides is 1. The lowest BCUT2D eigenvalue weighted by molar-refractivity contribution is -0.116. The molecule has 0 fully saturated rings. The van der Waals surface area contributed by atoms with Gasteiger partial charge in [0, 0.05) is 31.8 Å². The van der Waals surface area contributed by atoms with Crippen molar-refractivity contribution in [3.63, 3.8) is 0 Å². The van der Waals surface area contributed by atoms with Gasteiger partial charge in [-0.1, -0.05) is 11.3 Å². The third-order valence-electron chi connectivity index (χ3n) is 5.06. The van der Waals surface area contributed by atoms with Crippen molar-refractivity contribution < 1.29 is 22.7 Å². The molecule has 2 aromatic carbocycles. The molecular weight excluding hydrogens is 454 g/mol. The molecule has 2 heterocycles. The number of fused-ring (bicyclic) bond motifs is 2. The van der Waals surface area contributed by atoms with Gasteiger partial charge in [0.2, 0.25) is 15.9 Å². The smallest absolute Gasteiger partial charge is 0.307 e. The van der Waals surface area contributed by atoms with Crippen LogP contribution in [0.4, 0.5) is 11.4 Å². The number of aromatic nitrogens is 1. The minimum atomic E-state index is -3.55. The highest BCUT2D eigenvalue weighted by molar-refractivity contribution is 7.92. The Morgan fingerprint density at radius 2 is 1.91 bits per heavy atom. The Balaban J connectivity index is 1.40. The normalized spacial score (nSPS) is 13.2. The second-order valence-electron chi connectivity index (χ2n) is 7.42. The van der Waals surface area contributed by atoms with E-state index in [0.717, 1.165) is 27.8 Å². The first-order valence-corrected chi connectivity index (χ1v) is 12.7. The van der Waals surface area contributed by atoms with Crippen LogP contribution in [0.5, 0.6) is 11.5 Å². The molecule has 3 aromatic rings. The van der Waals surface area contributed by atoms with Crippen LogP contribution < -0.4 is 24.0 Å². The Bertz CT molecular complexity index is 1330. The van der Waals surface area contributed by atoms with Crippen molar-refractivity contribution >= 4 is 48.9 Å². The van der Waals surface area contributed by atoms with Crippen molar-refractivity contribution in [3.8, 4) is 11.5 Å². The molecule has 0 atom stereocenters. The molecule has 32 heavy (non-hydrogen) atoms. The maximum atomic E-state index is 12.4. The third-order valence-corrected chi connectivity index (χ3v) is 7.24. The lowest BCUT2D eigenvalue weighted by Crippen LogP contribution is -2.31. The predicted octanol–water partition coefficient (Wildman–Crippen LogP) is 2.56. The van der Waals surface area contributed by atoms with Crippen LogP contribution in [0.15, 0.2) is 41.2 Å². The maximum Gasteiger partial charge on any atom is 0.307 e. The zero-order valence-corrected chi connectivity index (χ0v) is 19.3. The highest BCUT2D eigenvalue weighted by Crippen LogP contribution is 2.34. The summed E-state index contributed by atoms with van der Waals surface area (Å²) in [5.41, 5.74) is 1.86. The fraction of sp³-hybridized carbons (Fsp3) is 0.333. The number of ether oxygens (including phenoxy) is 2. The van der Waals surface area contributed by atoms with Crippen molar-refractivity contribution in [2.24, 2.45) is 7.05 Å². The maximum absolute atomic E-state index is 12.4. The second kappa shape index (κ2) is 8.83. The summed E-state index contributed by atoms with van der Waals surface area (Å²) in [6.07, 6.45) is 1.60. The number of carbonyl (C=O) groups excluding carboxylic acids is 1. The molecule has 1 N–H and O–H groups in total. The van der Waals surface area contributed by atoms with Gasteiger partial charge in [-0.3, -0.25) is 13.9 Å². The van der Waals surface area contributed by atoms with Crippen LogP contribution in [0, 0.1) is 0 Å². The zero-order valence-electron chi connectivity index (χ0n) is 17.7. The van der Waals surface area contributed by atoms with Crippen molar-refractivity contribution in [1.29, 1.82) is 0 Å². The Morgan fingerprint density at radius 3 is 2.66 bits per heavy atom. The van der Waals surface area contributed by atoms with Gasteiger partial charge in [0.25, 0.3) is 0 Å². The van der Waals surface area contributed by atoms with Gasteiger partial charge < -0.3 is 19.4 Å². The SMILES string of the molecule is Cn1c(=O)sc2cc(NC(=O)CCCN(c3ccc4c(c3)OCCO4)S(C)(=O)=O)ccc21. The van der Waals surface area contributed by atoms with Gasteiger partial charge in [0.05, 0.1) is 22.2 Å². The minimum Gasteiger partial charge on any atom is -0.486 e. The topological polar surface area (TPSA) is 107 Å². The summed E-state index contributed by atoms with van der Waals surface area (Å²) in [4.78, 5) is 24.1. The molecule has 0 radical (unpaired) electrons. The van der Waals surface area contributed by atoms with Crippen LogP contribution in [-0.4, -0.2) is 44.9 Å². The molecule has 0 bridgehead atoms. The second-order valence-corrected chi connectivity index (χ2v) is 10.3. The van der Waals surface area contributed by atoms with Gasteiger partial charge in [-0.2, -0.15) is 0 Å². The number of hydrogen-bond acceptors (Lipinski definition) is 7. The van der Waals surface area contributed by atoms with Crippen molar-refractivity contribution in [2.45, 2.75) is 12.8 Å². The summed E-state index contributed by atoms with van der Waals surface area (Å²) in [6, 6.07) is 10.3. The minimum absolute atomic E-state index is 0.0662. The summed E-state index contributed by atoms with van der Waals surface area (Å²) in [6.45, 7) is 1.000. The summed E-state index contributed by atoms with van der Waals surface area (Å²) in [7, 11) is -1.85. The zero-order chi connectivity index (χ0) is 22.9. The predicted molar refractivity (Wildman–Crippen MR) is 125 cm³/mol. The van der Waals surface area contributed by atoms with E-state index in [0.29, 0.717) is 42.5 Å². The Hall–Kier alpha value is -3.05. The van der Waals surface area contributed by atoms with Gasteiger partial charge >= 0.3 is 4.87 Å². The van der Waals surface area contributed by atoms with Crippen molar-refractivity contribution in [2.75, 3.05) is 35.6 Å². The molecule has 0 aliphatic carbocycles. The van der Waals surface area contributed by atoms with Gasteiger partial charge in [-0.15, -0.1) is 0 Å². The van der Waals surface area contributed by atoms with Crippen LogP contribution in [0.1, 0.15) is 12.8 Å². The molecule has 11 heteroatoms. The summed E-state index contributed by atoms with van der Waals surface area (Å²) in [5.74, 6) is 0.843. The lowest BCUT2D eigenvalue weighted by Gasteiger charge is -2.25. The van der Waals surface area contributed by atoms with E-state index in [4.69, 9.17) is 9.47 Å². The molecule has 170 valence electrons. The van der Waals surface area contributed by atoms with Crippen molar-refractivity contribution in [1.82, 2.24) is 4.57 Å². The fourth-order valence-corrected chi connectivity index (χ4v) is 5.37. The Kier molecular flexibility index (Phi) is 6.11. The van der Waals surface area contributed by atoms with E-state index in [1.54, 1.807) is 48.0 Å². The van der Waals surface area contributed by atoms with Gasteiger partial charge in [0.15, 0.2) is 11.5 Å². The monoisotopic (exact) mass is 477 g/mol. The summed E-state index contributed by atoms with van der Waals surface area (Å²) in [5, 5.41) is 2.81. The first kappa shape index (κ1) is 22.2. The average Bonchev–Trinajstić information content (AvgIpc) is 3.03. The Morgan fingerprint density at radius 1 is 1.16 bits per heavy atom. The first-order chi connectivity index (χ1) is 15.2. The summed E-state index contributed by atoms with van der Waals surface area (Å²) < 4.78 is 39.3. The van der Waals surface area contributed by atoms with Crippen LogP contribution in [-0.2, 0) is 21.9 Å².